The number of unbranched alkanes of at least 4 members (excludes halogenated alkanes) is 1. The molecule has 1 aliphatic rings. The summed E-state index contributed by atoms with van der Waals surface area (Å²) in [7, 11) is 0. The topological polar surface area (TPSA) is 50.9 Å². The molecule has 4 rings (SSSR count). The molecule has 1 aromatic heterocycles. The van der Waals surface area contributed by atoms with E-state index in [1.165, 1.54) is 11.6 Å². The van der Waals surface area contributed by atoms with Gasteiger partial charge in [-0.05, 0) is 71.8 Å². The van der Waals surface area contributed by atoms with Crippen molar-refractivity contribution in [3.63, 3.8) is 0 Å². The highest BCUT2D eigenvalue weighted by Gasteiger charge is 2.36. The number of nitrogens with one attached hydrogen (secondary N) is 1. The highest BCUT2D eigenvalue weighted by atomic mass is 35.5. The minimum atomic E-state index is -0.366. The van der Waals surface area contributed by atoms with E-state index in [4.69, 9.17) is 17.3 Å². The molecule has 5 heteroatoms. The molecule has 0 fully saturated rings. The Morgan fingerprint density at radius 2 is 1.93 bits per heavy atom. The lowest BCUT2D eigenvalue weighted by atomic mass is 9.99. The van der Waals surface area contributed by atoms with Crippen molar-refractivity contribution >= 4 is 17.4 Å². The molecule has 0 saturated carbocycles. The maximum absolute atomic E-state index is 13.7. The molecule has 1 aliphatic carbocycles. The van der Waals surface area contributed by atoms with Crippen molar-refractivity contribution in [3.8, 4) is 11.1 Å². The fraction of sp³-hybridized carbons (Fsp3) is 0.240. The number of nitrogen functional groups attached to an aromatic ring is 1. The first kappa shape index (κ1) is 20.4. The molecule has 0 aliphatic heterocycles. The van der Waals surface area contributed by atoms with Crippen LogP contribution in [0.5, 0.6) is 0 Å². The number of hydrogen-bond acceptors (Lipinski definition) is 3. The molecule has 0 amide bonds. The summed E-state index contributed by atoms with van der Waals surface area (Å²) in [6.07, 6.45) is 7.54. The molecule has 0 radical (unpaired) electrons. The van der Waals surface area contributed by atoms with Crippen LogP contribution in [-0.4, -0.2) is 11.5 Å². The summed E-state index contributed by atoms with van der Waals surface area (Å²) in [5, 5.41) is 3.36. The summed E-state index contributed by atoms with van der Waals surface area (Å²) in [6.45, 7) is 4.62. The zero-order chi connectivity index (χ0) is 21.1. The van der Waals surface area contributed by atoms with Crippen molar-refractivity contribution in [1.82, 2.24) is 10.3 Å². The van der Waals surface area contributed by atoms with Crippen molar-refractivity contribution in [2.45, 2.75) is 31.6 Å². The van der Waals surface area contributed by atoms with Crippen LogP contribution in [0.4, 0.5) is 10.2 Å². The maximum atomic E-state index is 13.7. The number of benzene rings is 2. The molecule has 1 atom stereocenters. The average molecular weight is 422 g/mol. The molecule has 154 valence electrons. The number of anilines is 1. The summed E-state index contributed by atoms with van der Waals surface area (Å²) in [5.74, 6) is 0.270. The zero-order valence-electron chi connectivity index (χ0n) is 16.8. The third-order valence-corrected chi connectivity index (χ3v) is 6.08. The van der Waals surface area contributed by atoms with Crippen LogP contribution >= 0.6 is 11.6 Å². The Bertz CT molecular complexity index is 1060. The number of hydrogen-bond donors (Lipinski definition) is 2. The normalized spacial score (nSPS) is 14.3. The average Bonchev–Trinajstić information content (AvgIpc) is 3.46. The Balaban J connectivity index is 1.43. The van der Waals surface area contributed by atoms with Gasteiger partial charge in [0, 0.05) is 24.2 Å². The Morgan fingerprint density at radius 1 is 1.13 bits per heavy atom. The van der Waals surface area contributed by atoms with Gasteiger partial charge in [0.2, 0.25) is 0 Å². The minimum Gasteiger partial charge on any atom is -0.391 e. The van der Waals surface area contributed by atoms with Crippen molar-refractivity contribution < 1.29 is 4.39 Å². The largest absolute Gasteiger partial charge is 0.391 e. The number of nitrogens with two attached hydrogens (primary N) is 1. The number of nitrogens with zero attached hydrogens (tertiary/aromatic N) is 1. The van der Waals surface area contributed by atoms with Gasteiger partial charge in [0.05, 0.1) is 5.02 Å². The van der Waals surface area contributed by atoms with Gasteiger partial charge >= 0.3 is 0 Å². The van der Waals surface area contributed by atoms with E-state index in [2.05, 4.69) is 47.2 Å². The van der Waals surface area contributed by atoms with Crippen LogP contribution in [0.2, 0.25) is 5.02 Å². The summed E-state index contributed by atoms with van der Waals surface area (Å²) >= 11 is 6.10. The van der Waals surface area contributed by atoms with Crippen molar-refractivity contribution in [2.75, 3.05) is 12.3 Å². The molecule has 0 spiro atoms. The highest BCUT2D eigenvalue weighted by molar-refractivity contribution is 6.32. The number of halogens is 2. The van der Waals surface area contributed by atoms with Crippen molar-refractivity contribution in [2.24, 2.45) is 0 Å². The first-order valence-corrected chi connectivity index (χ1v) is 10.6. The van der Waals surface area contributed by atoms with Crippen molar-refractivity contribution in [1.29, 1.82) is 0 Å². The smallest absolute Gasteiger partial charge is 0.142 e. The maximum Gasteiger partial charge on any atom is 0.142 e. The summed E-state index contributed by atoms with van der Waals surface area (Å²) < 4.78 is 13.7. The lowest BCUT2D eigenvalue weighted by molar-refractivity contribution is 0.628. The van der Waals surface area contributed by atoms with Crippen molar-refractivity contribution in [3.05, 3.63) is 94.5 Å². The number of aromatic nitrogens is 1. The van der Waals surface area contributed by atoms with Gasteiger partial charge in [-0.2, -0.15) is 0 Å². The first-order valence-electron chi connectivity index (χ1n) is 10.2. The lowest BCUT2D eigenvalue weighted by Gasteiger charge is -2.09. The molecule has 30 heavy (non-hydrogen) atoms. The predicted molar refractivity (Wildman–Crippen MR) is 122 cm³/mol. The van der Waals surface area contributed by atoms with Gasteiger partial charge in [0.1, 0.15) is 11.6 Å². The number of aryl methyl sites for hydroxylation is 1. The second-order valence-corrected chi connectivity index (χ2v) is 8.08. The van der Waals surface area contributed by atoms with Gasteiger partial charge in [-0.1, -0.05) is 48.5 Å². The molecule has 1 unspecified atom stereocenters. The lowest BCUT2D eigenvalue weighted by Crippen LogP contribution is -2.06. The Morgan fingerprint density at radius 3 is 2.70 bits per heavy atom. The van der Waals surface area contributed by atoms with E-state index in [0.717, 1.165) is 53.6 Å². The molecule has 2 aromatic carbocycles. The minimum absolute atomic E-state index is 0.124. The fourth-order valence-electron chi connectivity index (χ4n) is 3.94. The SMILES string of the molecule is C=CNCCCCc1ccc(-c2cnc(N)c(CC3c4ccc(F)c(Cl)c43)c2)cc1. The zero-order valence-corrected chi connectivity index (χ0v) is 17.6. The monoisotopic (exact) mass is 421 g/mol. The van der Waals surface area contributed by atoms with E-state index in [1.54, 1.807) is 12.3 Å². The molecule has 3 N–H and O–H groups in total. The molecular formula is C25H25ClFN3. The molecule has 0 saturated heterocycles. The van der Waals surface area contributed by atoms with E-state index < -0.39 is 0 Å². The van der Waals surface area contributed by atoms with Crippen LogP contribution < -0.4 is 11.1 Å². The molecule has 0 bridgehead atoms. The van der Waals surface area contributed by atoms with Crippen LogP contribution in [0.25, 0.3) is 11.1 Å². The summed E-state index contributed by atoms with van der Waals surface area (Å²) in [5.41, 5.74) is 12.6. The summed E-state index contributed by atoms with van der Waals surface area (Å²) in [4.78, 5) is 4.40. The van der Waals surface area contributed by atoms with Crippen LogP contribution in [0.15, 0.2) is 61.4 Å². The summed E-state index contributed by atoms with van der Waals surface area (Å²) in [6, 6.07) is 13.9. The molecular weight excluding hydrogens is 397 g/mol. The van der Waals surface area contributed by atoms with Gasteiger partial charge in [0.15, 0.2) is 0 Å². The quantitative estimate of drug-likeness (QED) is 0.425. The number of fused-ring (bicyclic) bond motifs is 1. The third kappa shape index (κ3) is 4.34. The van der Waals surface area contributed by atoms with Gasteiger partial charge < -0.3 is 11.1 Å². The number of rotatable bonds is 9. The molecule has 3 aromatic rings. The Hall–Kier alpha value is -2.85. The second-order valence-electron chi connectivity index (χ2n) is 7.70. The Labute approximate surface area is 181 Å². The van der Waals surface area contributed by atoms with Crippen LogP contribution in [0.1, 0.15) is 41.0 Å². The second kappa shape index (κ2) is 8.88. The standard InChI is InChI=1S/C25H25ClFN3/c1-2-29-12-4-3-5-16-6-8-17(9-7-16)19-13-18(25(28)30-15-19)14-21-20-10-11-22(27)24(26)23(20)21/h2,6-11,13,15,21,29H,1,3-5,12,14H2,(H2,28,30). The van der Waals surface area contributed by atoms with Crippen LogP contribution in [0.3, 0.4) is 0 Å². The fourth-order valence-corrected chi connectivity index (χ4v) is 4.24. The van der Waals surface area contributed by atoms with E-state index in [-0.39, 0.29) is 16.8 Å². The predicted octanol–water partition coefficient (Wildman–Crippen LogP) is 5.87. The van der Waals surface area contributed by atoms with Gasteiger partial charge in [0.25, 0.3) is 0 Å². The Kier molecular flexibility index (Phi) is 6.05. The molecule has 3 nitrogen and oxygen atoms in total. The van der Waals surface area contributed by atoms with Crippen LogP contribution in [0, 0.1) is 5.82 Å². The van der Waals surface area contributed by atoms with Gasteiger partial charge in [-0.15, -0.1) is 0 Å². The number of pyridine rings is 1. The van der Waals surface area contributed by atoms with E-state index >= 15 is 0 Å². The van der Waals surface area contributed by atoms with Crippen LogP contribution in [-0.2, 0) is 12.8 Å². The third-order valence-electron chi connectivity index (χ3n) is 5.70. The van der Waals surface area contributed by atoms with E-state index in [1.807, 2.05) is 6.20 Å². The highest BCUT2D eigenvalue weighted by Crippen LogP contribution is 2.50. The van der Waals surface area contributed by atoms with E-state index in [9.17, 15) is 4.39 Å². The van der Waals surface area contributed by atoms with Gasteiger partial charge in [-0.3, -0.25) is 0 Å². The van der Waals surface area contributed by atoms with Gasteiger partial charge in [-0.25, -0.2) is 9.37 Å². The molecule has 1 heterocycles. The van der Waals surface area contributed by atoms with E-state index in [0.29, 0.717) is 12.2 Å². The first-order chi connectivity index (χ1) is 14.6.